The van der Waals surface area contributed by atoms with E-state index in [2.05, 4.69) is 5.32 Å². The fourth-order valence-corrected chi connectivity index (χ4v) is 0.331. The second-order valence-electron chi connectivity index (χ2n) is 1.29. The Morgan fingerprint density at radius 3 is 2.67 bits per heavy atom. The van der Waals surface area contributed by atoms with E-state index in [1.165, 1.54) is 0 Å². The van der Waals surface area contributed by atoms with Gasteiger partial charge >= 0.3 is 29.6 Å². The number of hydrogen-bond donors (Lipinski definition) is 1. The summed E-state index contributed by atoms with van der Waals surface area (Å²) >= 11 is 0. The summed E-state index contributed by atoms with van der Waals surface area (Å²) in [7, 11) is 0. The zero-order valence-electron chi connectivity index (χ0n) is 5.77. The summed E-state index contributed by atoms with van der Waals surface area (Å²) in [6, 6.07) is 1.74. The first-order chi connectivity index (χ1) is 3.81. The number of carbonyl (C=O) groups excluding carboxylic acids is 1. The molecule has 0 rings (SSSR count). The van der Waals surface area contributed by atoms with Crippen LogP contribution < -0.4 is 34.9 Å². The van der Waals surface area contributed by atoms with E-state index < -0.39 is 0 Å². The standard InChI is InChI=1S/C5H8N2O.Na/c1-2-7-5(8)3-4-6;/h2-3H2,1H3,(H,7,8);/q;+1. The summed E-state index contributed by atoms with van der Waals surface area (Å²) in [6.07, 6.45) is -0.0339. The van der Waals surface area contributed by atoms with E-state index >= 15 is 0 Å². The predicted molar refractivity (Wildman–Crippen MR) is 28.9 cm³/mol. The van der Waals surface area contributed by atoms with Crippen molar-refractivity contribution in [1.29, 1.82) is 5.26 Å². The molecule has 44 valence electrons. The SMILES string of the molecule is CCNC(=O)CC#N.[Na+]. The van der Waals surface area contributed by atoms with Crippen molar-refractivity contribution in [3.63, 3.8) is 0 Å². The maximum absolute atomic E-state index is 10.3. The van der Waals surface area contributed by atoms with Crippen LogP contribution in [0.1, 0.15) is 13.3 Å². The Bertz CT molecular complexity index is 119. The van der Waals surface area contributed by atoms with Crippen LogP contribution >= 0.6 is 0 Å². The molecule has 0 heterocycles. The van der Waals surface area contributed by atoms with Gasteiger partial charge in [-0.25, -0.2) is 0 Å². The van der Waals surface area contributed by atoms with Crippen LogP contribution in [0.25, 0.3) is 0 Å². The van der Waals surface area contributed by atoms with Gasteiger partial charge in [0.25, 0.3) is 0 Å². The Morgan fingerprint density at radius 1 is 1.78 bits per heavy atom. The molecule has 0 aromatic rings. The Morgan fingerprint density at radius 2 is 2.33 bits per heavy atom. The molecule has 4 heteroatoms. The zero-order valence-corrected chi connectivity index (χ0v) is 7.77. The molecule has 0 aliphatic carbocycles. The van der Waals surface area contributed by atoms with Crippen molar-refractivity contribution in [3.05, 3.63) is 0 Å². The molecule has 3 nitrogen and oxygen atoms in total. The summed E-state index contributed by atoms with van der Waals surface area (Å²) in [5, 5.41) is 10.4. The van der Waals surface area contributed by atoms with Crippen LogP contribution in [0.3, 0.4) is 0 Å². The van der Waals surface area contributed by atoms with E-state index in [9.17, 15) is 4.79 Å². The molecule has 0 aromatic carbocycles. The molecule has 0 atom stereocenters. The van der Waals surface area contributed by atoms with Crippen molar-refractivity contribution in [2.45, 2.75) is 13.3 Å². The van der Waals surface area contributed by atoms with Crippen LogP contribution in [0.4, 0.5) is 0 Å². The van der Waals surface area contributed by atoms with Crippen LogP contribution in [0.5, 0.6) is 0 Å². The molecular formula is C5H8N2NaO+. The maximum atomic E-state index is 10.3. The summed E-state index contributed by atoms with van der Waals surface area (Å²) < 4.78 is 0. The summed E-state index contributed by atoms with van der Waals surface area (Å²) in [6.45, 7) is 2.41. The average molecular weight is 135 g/mol. The van der Waals surface area contributed by atoms with Gasteiger partial charge in [-0.2, -0.15) is 5.26 Å². The first kappa shape index (κ1) is 11.7. The number of rotatable bonds is 2. The van der Waals surface area contributed by atoms with E-state index in [1.807, 2.05) is 6.92 Å². The topological polar surface area (TPSA) is 52.9 Å². The number of nitrogens with zero attached hydrogens (tertiary/aromatic N) is 1. The smallest absolute Gasteiger partial charge is 0.355 e. The minimum atomic E-state index is -0.199. The third-order valence-electron chi connectivity index (χ3n) is 0.614. The largest absolute Gasteiger partial charge is 1.00 e. The summed E-state index contributed by atoms with van der Waals surface area (Å²) in [5.41, 5.74) is 0. The Kier molecular flexibility index (Phi) is 10.4. The van der Waals surface area contributed by atoms with E-state index in [1.54, 1.807) is 6.07 Å². The third-order valence-corrected chi connectivity index (χ3v) is 0.614. The second kappa shape index (κ2) is 7.96. The van der Waals surface area contributed by atoms with Gasteiger partial charge in [0.1, 0.15) is 6.42 Å². The summed E-state index contributed by atoms with van der Waals surface area (Å²) in [4.78, 5) is 10.3. The van der Waals surface area contributed by atoms with Gasteiger partial charge in [0.05, 0.1) is 6.07 Å². The molecule has 0 bridgehead atoms. The van der Waals surface area contributed by atoms with Gasteiger partial charge in [0, 0.05) is 6.54 Å². The van der Waals surface area contributed by atoms with E-state index in [4.69, 9.17) is 5.26 Å². The predicted octanol–water partition coefficient (Wildman–Crippen LogP) is -2.96. The third kappa shape index (κ3) is 7.96. The van der Waals surface area contributed by atoms with Crippen LogP contribution in [0, 0.1) is 11.3 Å². The molecule has 1 N–H and O–H groups in total. The van der Waals surface area contributed by atoms with Crippen LogP contribution in [0.15, 0.2) is 0 Å². The molecule has 9 heavy (non-hydrogen) atoms. The van der Waals surface area contributed by atoms with Crippen molar-refractivity contribution in [1.82, 2.24) is 5.32 Å². The van der Waals surface area contributed by atoms with Crippen LogP contribution in [-0.4, -0.2) is 12.5 Å². The van der Waals surface area contributed by atoms with Crippen molar-refractivity contribution >= 4 is 5.91 Å². The molecular weight excluding hydrogens is 127 g/mol. The molecule has 0 aliphatic rings. The number of hydrogen-bond acceptors (Lipinski definition) is 2. The molecule has 0 spiro atoms. The molecule has 1 amide bonds. The van der Waals surface area contributed by atoms with Crippen molar-refractivity contribution < 1.29 is 34.4 Å². The second-order valence-corrected chi connectivity index (χ2v) is 1.29. The van der Waals surface area contributed by atoms with Crippen molar-refractivity contribution in [2.75, 3.05) is 6.54 Å². The Labute approximate surface area is 76.7 Å². The summed E-state index contributed by atoms with van der Waals surface area (Å²) in [5.74, 6) is -0.199. The van der Waals surface area contributed by atoms with Gasteiger partial charge in [0.15, 0.2) is 0 Å². The molecule has 0 aromatic heterocycles. The molecule has 0 saturated heterocycles. The monoisotopic (exact) mass is 135 g/mol. The number of amides is 1. The molecule has 0 radical (unpaired) electrons. The minimum Gasteiger partial charge on any atom is -0.355 e. The average Bonchev–Trinajstić information content (AvgIpc) is 1.68. The van der Waals surface area contributed by atoms with Gasteiger partial charge in [0.2, 0.25) is 5.91 Å². The number of nitriles is 1. The minimum absolute atomic E-state index is 0. The van der Waals surface area contributed by atoms with Gasteiger partial charge < -0.3 is 5.32 Å². The molecule has 0 unspecified atom stereocenters. The first-order valence-corrected chi connectivity index (χ1v) is 2.45. The maximum Gasteiger partial charge on any atom is 1.00 e. The first-order valence-electron chi connectivity index (χ1n) is 2.45. The van der Waals surface area contributed by atoms with Crippen LogP contribution in [0.2, 0.25) is 0 Å². The van der Waals surface area contributed by atoms with E-state index in [-0.39, 0.29) is 41.9 Å². The van der Waals surface area contributed by atoms with E-state index in [0.717, 1.165) is 0 Å². The Hall–Kier alpha value is -0.0400. The van der Waals surface area contributed by atoms with Gasteiger partial charge in [-0.15, -0.1) is 0 Å². The zero-order chi connectivity index (χ0) is 6.41. The molecule has 0 saturated carbocycles. The normalized spacial score (nSPS) is 6.67. The number of nitrogens with one attached hydrogen (secondary N) is 1. The molecule has 0 aliphatic heterocycles. The fraction of sp³-hybridized carbons (Fsp3) is 0.600. The quantitative estimate of drug-likeness (QED) is 0.411. The fourth-order valence-electron chi connectivity index (χ4n) is 0.331. The van der Waals surface area contributed by atoms with Gasteiger partial charge in [-0.3, -0.25) is 4.79 Å². The van der Waals surface area contributed by atoms with Crippen LogP contribution in [-0.2, 0) is 4.79 Å². The van der Waals surface area contributed by atoms with Gasteiger partial charge in [-0.1, -0.05) is 0 Å². The number of carbonyl (C=O) groups is 1. The van der Waals surface area contributed by atoms with E-state index in [0.29, 0.717) is 6.54 Å². The van der Waals surface area contributed by atoms with Gasteiger partial charge in [-0.05, 0) is 6.92 Å². The van der Waals surface area contributed by atoms with Crippen molar-refractivity contribution in [3.8, 4) is 6.07 Å². The Balaban J connectivity index is 0. The molecule has 0 fully saturated rings. The van der Waals surface area contributed by atoms with Crippen molar-refractivity contribution in [2.24, 2.45) is 0 Å².